The summed E-state index contributed by atoms with van der Waals surface area (Å²) in [4.78, 5) is 41.2. The van der Waals surface area contributed by atoms with Crippen molar-refractivity contribution in [3.8, 4) is 5.69 Å². The fourth-order valence-electron chi connectivity index (χ4n) is 3.15. The van der Waals surface area contributed by atoms with Gasteiger partial charge in [-0.1, -0.05) is 11.8 Å². The van der Waals surface area contributed by atoms with Crippen molar-refractivity contribution in [1.82, 2.24) is 9.55 Å². The molecule has 0 aliphatic carbocycles. The molecule has 0 bridgehead atoms. The molecule has 3 aromatic carbocycles. The molecule has 0 unspecified atom stereocenters. The molecule has 0 atom stereocenters. The van der Waals surface area contributed by atoms with E-state index in [9.17, 15) is 37.1 Å². The largest absolute Gasteiger partial charge is 0.478 e. The number of carbonyl (C=O) groups is 2. The van der Waals surface area contributed by atoms with Gasteiger partial charge >= 0.3 is 5.97 Å². The van der Waals surface area contributed by atoms with E-state index in [-0.39, 0.29) is 27.3 Å². The van der Waals surface area contributed by atoms with Gasteiger partial charge < -0.3 is 10.4 Å². The Morgan fingerprint density at radius 3 is 2.37 bits per heavy atom. The van der Waals surface area contributed by atoms with Crippen molar-refractivity contribution in [2.24, 2.45) is 0 Å². The normalized spacial score (nSPS) is 11.0. The first-order chi connectivity index (χ1) is 16.7. The van der Waals surface area contributed by atoms with Crippen LogP contribution >= 0.6 is 11.8 Å². The molecule has 0 saturated heterocycles. The molecule has 7 nitrogen and oxygen atoms in total. The molecule has 12 heteroatoms. The Bertz CT molecular complexity index is 1540. The average molecular weight is 503 g/mol. The van der Waals surface area contributed by atoms with Crippen LogP contribution in [0.2, 0.25) is 0 Å². The molecule has 35 heavy (non-hydrogen) atoms. The van der Waals surface area contributed by atoms with Crippen LogP contribution in [-0.4, -0.2) is 32.3 Å². The number of fused-ring (bicyclic) bond motifs is 1. The van der Waals surface area contributed by atoms with E-state index in [4.69, 9.17) is 0 Å². The van der Waals surface area contributed by atoms with Gasteiger partial charge in [-0.2, -0.15) is 0 Å². The van der Waals surface area contributed by atoms with E-state index in [1.807, 2.05) is 0 Å². The molecule has 1 heterocycles. The molecule has 0 fully saturated rings. The smallest absolute Gasteiger partial charge is 0.335 e. The second kappa shape index (κ2) is 9.58. The number of thioether (sulfide) groups is 1. The van der Waals surface area contributed by atoms with Crippen LogP contribution in [-0.2, 0) is 4.79 Å². The SMILES string of the molecule is O=C(CSc1nc2cc(C(=O)O)ccc2c(=O)n1-c1ccc(F)cc1)Nc1ccc(F)c(F)c1F. The van der Waals surface area contributed by atoms with Gasteiger partial charge in [0.1, 0.15) is 5.82 Å². The Morgan fingerprint density at radius 1 is 0.971 bits per heavy atom. The van der Waals surface area contributed by atoms with Gasteiger partial charge in [0, 0.05) is 0 Å². The predicted octanol–water partition coefficient (Wildman–Crippen LogP) is 4.37. The Hall–Kier alpha value is -4.19. The topological polar surface area (TPSA) is 101 Å². The number of rotatable bonds is 6. The number of aromatic nitrogens is 2. The van der Waals surface area contributed by atoms with Gasteiger partial charge in [0.05, 0.1) is 33.6 Å². The second-order valence-electron chi connectivity index (χ2n) is 7.11. The maximum absolute atomic E-state index is 13.9. The first-order valence-corrected chi connectivity index (χ1v) is 10.8. The van der Waals surface area contributed by atoms with Crippen LogP contribution in [0.1, 0.15) is 10.4 Å². The number of carbonyl (C=O) groups excluding carboxylic acids is 1. The highest BCUT2D eigenvalue weighted by Gasteiger charge is 2.18. The maximum atomic E-state index is 13.9. The molecular weight excluding hydrogens is 490 g/mol. The number of carboxylic acids is 1. The Balaban J connectivity index is 1.71. The van der Waals surface area contributed by atoms with Crippen molar-refractivity contribution in [3.63, 3.8) is 0 Å². The lowest BCUT2D eigenvalue weighted by Crippen LogP contribution is -2.23. The van der Waals surface area contributed by atoms with E-state index in [1.165, 1.54) is 30.3 Å². The lowest BCUT2D eigenvalue weighted by molar-refractivity contribution is -0.113. The lowest BCUT2D eigenvalue weighted by atomic mass is 10.1. The number of amides is 1. The Labute approximate surface area is 198 Å². The number of anilines is 1. The van der Waals surface area contributed by atoms with Crippen LogP contribution in [0.15, 0.2) is 64.5 Å². The fourth-order valence-corrected chi connectivity index (χ4v) is 3.96. The highest BCUT2D eigenvalue weighted by Crippen LogP contribution is 2.24. The Kier molecular flexibility index (Phi) is 6.56. The summed E-state index contributed by atoms with van der Waals surface area (Å²) in [7, 11) is 0. The summed E-state index contributed by atoms with van der Waals surface area (Å²) >= 11 is 0.738. The van der Waals surface area contributed by atoms with Crippen molar-refractivity contribution in [1.29, 1.82) is 0 Å². The molecule has 0 spiro atoms. The molecule has 2 N–H and O–H groups in total. The number of benzene rings is 3. The first-order valence-electron chi connectivity index (χ1n) is 9.78. The van der Waals surface area contributed by atoms with Gasteiger partial charge in [0.2, 0.25) is 5.91 Å². The third-order valence-electron chi connectivity index (χ3n) is 4.81. The van der Waals surface area contributed by atoms with Crippen molar-refractivity contribution in [2.45, 2.75) is 5.16 Å². The predicted molar refractivity (Wildman–Crippen MR) is 120 cm³/mol. The molecule has 0 aliphatic rings. The molecule has 4 aromatic rings. The molecule has 1 aromatic heterocycles. The summed E-state index contributed by atoms with van der Waals surface area (Å²) in [6.45, 7) is 0. The van der Waals surface area contributed by atoms with Crippen LogP contribution in [0, 0.1) is 23.3 Å². The average Bonchev–Trinajstić information content (AvgIpc) is 2.83. The third kappa shape index (κ3) is 4.87. The number of aromatic carboxylic acids is 1. The van der Waals surface area contributed by atoms with Crippen molar-refractivity contribution in [2.75, 3.05) is 11.1 Å². The van der Waals surface area contributed by atoms with Crippen LogP contribution in [0.4, 0.5) is 23.2 Å². The Morgan fingerprint density at radius 2 is 1.69 bits per heavy atom. The molecular formula is C23H13F4N3O4S. The van der Waals surface area contributed by atoms with Gasteiger partial charge in [0.15, 0.2) is 22.6 Å². The summed E-state index contributed by atoms with van der Waals surface area (Å²) in [5.74, 6) is -7.78. The minimum atomic E-state index is -1.74. The molecule has 0 saturated carbocycles. The molecule has 178 valence electrons. The summed E-state index contributed by atoms with van der Waals surface area (Å²) in [6, 6.07) is 10.1. The van der Waals surface area contributed by atoms with Gasteiger partial charge in [-0.05, 0) is 54.6 Å². The molecule has 1 amide bonds. The highest BCUT2D eigenvalue weighted by molar-refractivity contribution is 7.99. The third-order valence-corrected chi connectivity index (χ3v) is 5.75. The van der Waals surface area contributed by atoms with Crippen molar-refractivity contribution < 1.29 is 32.3 Å². The molecule has 4 rings (SSSR count). The van der Waals surface area contributed by atoms with Crippen LogP contribution in [0.3, 0.4) is 0 Å². The molecule has 0 radical (unpaired) electrons. The van der Waals surface area contributed by atoms with Gasteiger partial charge in [-0.15, -0.1) is 0 Å². The summed E-state index contributed by atoms with van der Waals surface area (Å²) in [5, 5.41) is 11.4. The summed E-state index contributed by atoms with van der Waals surface area (Å²) < 4.78 is 54.9. The quantitative estimate of drug-likeness (QED) is 0.175. The van der Waals surface area contributed by atoms with E-state index in [0.717, 1.165) is 34.5 Å². The van der Waals surface area contributed by atoms with Gasteiger partial charge in [0.25, 0.3) is 5.56 Å². The number of nitrogens with zero attached hydrogens (tertiary/aromatic N) is 2. The zero-order valence-corrected chi connectivity index (χ0v) is 18.2. The van der Waals surface area contributed by atoms with Gasteiger partial charge in [-0.3, -0.25) is 14.2 Å². The number of nitrogens with one attached hydrogen (secondary N) is 1. The van der Waals surface area contributed by atoms with E-state index in [2.05, 4.69) is 10.3 Å². The summed E-state index contributed by atoms with van der Waals surface area (Å²) in [5.41, 5.74) is -1.03. The van der Waals surface area contributed by atoms with Crippen molar-refractivity contribution in [3.05, 3.63) is 93.8 Å². The first kappa shape index (κ1) is 24.0. The standard InChI is InChI=1S/C23H13F4N3O4S/c24-12-2-4-13(5-3-12)30-21(32)14-6-1-11(22(33)34)9-17(14)29-23(30)35-10-18(31)28-16-8-7-15(25)19(26)20(16)27/h1-9H,10H2,(H,28,31)(H,33,34). The second-order valence-corrected chi connectivity index (χ2v) is 8.05. The fraction of sp³-hybridized carbons (Fsp3) is 0.0435. The van der Waals surface area contributed by atoms with Crippen molar-refractivity contribution >= 4 is 40.2 Å². The zero-order chi connectivity index (χ0) is 25.3. The van der Waals surface area contributed by atoms with E-state index >= 15 is 0 Å². The van der Waals surface area contributed by atoms with E-state index in [1.54, 1.807) is 0 Å². The maximum Gasteiger partial charge on any atom is 0.335 e. The highest BCUT2D eigenvalue weighted by atomic mass is 32.2. The van der Waals surface area contributed by atoms with E-state index in [0.29, 0.717) is 6.07 Å². The minimum Gasteiger partial charge on any atom is -0.478 e. The van der Waals surface area contributed by atoms with Crippen LogP contribution in [0.25, 0.3) is 16.6 Å². The van der Waals surface area contributed by atoms with Crippen LogP contribution < -0.4 is 10.9 Å². The zero-order valence-electron chi connectivity index (χ0n) is 17.4. The van der Waals surface area contributed by atoms with E-state index < -0.39 is 52.1 Å². The monoisotopic (exact) mass is 503 g/mol. The lowest BCUT2D eigenvalue weighted by Gasteiger charge is -2.14. The minimum absolute atomic E-state index is 0.0439. The summed E-state index contributed by atoms with van der Waals surface area (Å²) in [6.07, 6.45) is 0. The number of hydrogen-bond acceptors (Lipinski definition) is 5. The number of hydrogen-bond donors (Lipinski definition) is 2. The number of carboxylic acid groups (broad SMARTS) is 1. The molecule has 0 aliphatic heterocycles. The van der Waals surface area contributed by atoms with Gasteiger partial charge in [-0.25, -0.2) is 27.3 Å². The number of halogens is 4. The van der Waals surface area contributed by atoms with Crippen LogP contribution in [0.5, 0.6) is 0 Å².